The van der Waals surface area contributed by atoms with Crippen molar-refractivity contribution in [3.8, 4) is 0 Å². The van der Waals surface area contributed by atoms with Gasteiger partial charge in [-0.3, -0.25) is 4.79 Å². The van der Waals surface area contributed by atoms with Crippen LogP contribution in [0.5, 0.6) is 0 Å². The monoisotopic (exact) mass is 409 g/mol. The zero-order valence-electron chi connectivity index (χ0n) is 22.4. The van der Waals surface area contributed by atoms with Crippen LogP contribution in [0.1, 0.15) is 129 Å². The van der Waals surface area contributed by atoms with Crippen molar-refractivity contribution in [1.29, 1.82) is 0 Å². The summed E-state index contributed by atoms with van der Waals surface area (Å²) in [5.74, 6) is 0.0359. The van der Waals surface area contributed by atoms with Crippen molar-refractivity contribution in [2.75, 3.05) is 0 Å². The van der Waals surface area contributed by atoms with Crippen molar-refractivity contribution in [2.45, 2.75) is 129 Å². The maximum absolute atomic E-state index is 12.9. The normalized spacial score (nSPS) is 16.6. The first-order valence-corrected chi connectivity index (χ1v) is 12.0. The van der Waals surface area contributed by atoms with Crippen LogP contribution in [-0.2, 0) is 4.79 Å². The second-order valence-electron chi connectivity index (χ2n) is 14.0. The number of carbonyl (C=O) groups excluding carboxylic acids is 1. The predicted molar refractivity (Wildman–Crippen MR) is 130 cm³/mol. The highest BCUT2D eigenvalue weighted by molar-refractivity contribution is 5.77. The maximum atomic E-state index is 12.9. The minimum absolute atomic E-state index is 0.0214. The molecule has 2 unspecified atom stereocenters. The molecule has 2 N–H and O–H groups in total. The van der Waals surface area contributed by atoms with E-state index in [1.165, 1.54) is 0 Å². The topological polar surface area (TPSA) is 43.1 Å². The van der Waals surface area contributed by atoms with Crippen LogP contribution in [0.4, 0.5) is 0 Å². The molecule has 29 heavy (non-hydrogen) atoms. The first-order valence-electron chi connectivity index (χ1n) is 12.0. The van der Waals surface area contributed by atoms with Crippen molar-refractivity contribution < 1.29 is 4.79 Å². The molecule has 0 aliphatic rings. The van der Waals surface area contributed by atoms with E-state index < -0.39 is 0 Å². The SMILES string of the molecule is CCCC(C)(C)CC(C(N)=O)C(C(C)(C)CC(C)(C)C)C(C)(C)CC(C)(C)CC. The van der Waals surface area contributed by atoms with Crippen LogP contribution in [0.25, 0.3) is 0 Å². The molecule has 2 nitrogen and oxygen atoms in total. The number of nitrogens with two attached hydrogens (primary N) is 1. The van der Waals surface area contributed by atoms with E-state index >= 15 is 0 Å². The zero-order chi connectivity index (χ0) is 23.5. The molecule has 0 saturated carbocycles. The Morgan fingerprint density at radius 2 is 1.21 bits per heavy atom. The van der Waals surface area contributed by atoms with Crippen LogP contribution < -0.4 is 5.73 Å². The van der Waals surface area contributed by atoms with E-state index in [-0.39, 0.29) is 44.8 Å². The maximum Gasteiger partial charge on any atom is 0.220 e. The summed E-state index contributed by atoms with van der Waals surface area (Å²) in [4.78, 5) is 12.9. The molecule has 1 amide bonds. The molecule has 0 radical (unpaired) electrons. The molecule has 0 spiro atoms. The quantitative estimate of drug-likeness (QED) is 0.346. The Balaban J connectivity index is 6.40. The molecule has 174 valence electrons. The molecule has 2 heteroatoms. The fourth-order valence-corrected chi connectivity index (χ4v) is 6.85. The molecule has 0 heterocycles. The van der Waals surface area contributed by atoms with E-state index in [0.717, 1.165) is 38.5 Å². The van der Waals surface area contributed by atoms with Gasteiger partial charge in [0.1, 0.15) is 0 Å². The lowest BCUT2D eigenvalue weighted by Gasteiger charge is -2.53. The molecule has 0 rings (SSSR count). The summed E-state index contributed by atoms with van der Waals surface area (Å²) in [7, 11) is 0. The summed E-state index contributed by atoms with van der Waals surface area (Å²) >= 11 is 0. The molecular weight excluding hydrogens is 354 g/mol. The largest absolute Gasteiger partial charge is 0.369 e. The van der Waals surface area contributed by atoms with Gasteiger partial charge in [-0.2, -0.15) is 0 Å². The average molecular weight is 410 g/mol. The fraction of sp³-hybridized carbons (Fsp3) is 0.963. The molecule has 0 aliphatic carbocycles. The van der Waals surface area contributed by atoms with E-state index in [9.17, 15) is 4.79 Å². The first-order chi connectivity index (χ1) is 12.7. The number of primary amides is 1. The van der Waals surface area contributed by atoms with E-state index in [4.69, 9.17) is 5.73 Å². The fourth-order valence-electron chi connectivity index (χ4n) is 6.85. The average Bonchev–Trinajstić information content (AvgIpc) is 2.41. The van der Waals surface area contributed by atoms with Gasteiger partial charge in [0, 0.05) is 5.92 Å². The van der Waals surface area contributed by atoms with Gasteiger partial charge in [-0.15, -0.1) is 0 Å². The second kappa shape index (κ2) is 9.73. The molecule has 0 aromatic rings. The van der Waals surface area contributed by atoms with E-state index in [1.807, 2.05) is 0 Å². The van der Waals surface area contributed by atoms with Crippen LogP contribution in [0.15, 0.2) is 0 Å². The molecule has 0 bridgehead atoms. The van der Waals surface area contributed by atoms with Crippen LogP contribution in [0.3, 0.4) is 0 Å². The van der Waals surface area contributed by atoms with Gasteiger partial charge in [-0.25, -0.2) is 0 Å². The third-order valence-electron chi connectivity index (χ3n) is 7.03. The Labute approximate surface area is 184 Å². The van der Waals surface area contributed by atoms with Gasteiger partial charge in [0.15, 0.2) is 0 Å². The standard InChI is InChI=1S/C27H55NO/c1-14-16-25(8,9)17-20(22(28)29)21(26(10,11)18-23(3,4)5)27(12,13)19-24(6,7)15-2/h20-21H,14-19H2,1-13H3,(H2,28,29). The third-order valence-corrected chi connectivity index (χ3v) is 7.03. The smallest absolute Gasteiger partial charge is 0.220 e. The van der Waals surface area contributed by atoms with Gasteiger partial charge >= 0.3 is 0 Å². The highest BCUT2D eigenvalue weighted by Crippen LogP contribution is 2.56. The van der Waals surface area contributed by atoms with Crippen molar-refractivity contribution in [3.05, 3.63) is 0 Å². The Hall–Kier alpha value is -0.530. The lowest BCUT2D eigenvalue weighted by Crippen LogP contribution is -2.49. The summed E-state index contributed by atoms with van der Waals surface area (Å²) in [5, 5.41) is 0. The van der Waals surface area contributed by atoms with Crippen molar-refractivity contribution in [3.63, 3.8) is 0 Å². The Morgan fingerprint density at radius 1 is 0.759 bits per heavy atom. The molecule has 0 fully saturated rings. The number of hydrogen-bond donors (Lipinski definition) is 1. The molecule has 2 atom stereocenters. The van der Waals surface area contributed by atoms with Gasteiger partial charge in [-0.1, -0.05) is 103 Å². The van der Waals surface area contributed by atoms with Gasteiger partial charge in [0.2, 0.25) is 5.91 Å². The molecule has 0 aliphatic heterocycles. The summed E-state index contributed by atoms with van der Waals surface area (Å²) in [5.41, 5.74) is 6.78. The third kappa shape index (κ3) is 9.43. The van der Waals surface area contributed by atoms with Crippen molar-refractivity contribution >= 4 is 5.91 Å². The molecular formula is C27H55NO. The highest BCUT2D eigenvalue weighted by atomic mass is 16.1. The summed E-state index contributed by atoms with van der Waals surface area (Å²) in [6, 6.07) is 0. The van der Waals surface area contributed by atoms with Crippen molar-refractivity contribution in [2.24, 2.45) is 44.6 Å². The number of rotatable bonds is 12. The summed E-state index contributed by atoms with van der Waals surface area (Å²) < 4.78 is 0. The summed E-state index contributed by atoms with van der Waals surface area (Å²) in [6.07, 6.45) is 6.48. The van der Waals surface area contributed by atoms with Crippen LogP contribution >= 0.6 is 0 Å². The zero-order valence-corrected chi connectivity index (χ0v) is 22.4. The minimum Gasteiger partial charge on any atom is -0.369 e. The first kappa shape index (κ1) is 28.5. The van der Waals surface area contributed by atoms with Crippen LogP contribution in [0.2, 0.25) is 0 Å². The van der Waals surface area contributed by atoms with E-state index in [2.05, 4.69) is 90.0 Å². The predicted octanol–water partition coefficient (Wildman–Crippen LogP) is 8.24. The Morgan fingerprint density at radius 3 is 1.55 bits per heavy atom. The lowest BCUT2D eigenvalue weighted by atomic mass is 9.52. The van der Waals surface area contributed by atoms with Gasteiger partial charge in [-0.05, 0) is 58.7 Å². The Kier molecular flexibility index (Phi) is 9.55. The molecule has 0 aromatic heterocycles. The number of hydrogen-bond acceptors (Lipinski definition) is 1. The minimum atomic E-state index is -0.108. The highest BCUT2D eigenvalue weighted by Gasteiger charge is 2.50. The van der Waals surface area contributed by atoms with Crippen LogP contribution in [-0.4, -0.2) is 5.91 Å². The lowest BCUT2D eigenvalue weighted by molar-refractivity contribution is -0.133. The molecule has 0 aromatic carbocycles. The Bertz CT molecular complexity index is 519. The van der Waals surface area contributed by atoms with E-state index in [1.54, 1.807) is 0 Å². The summed E-state index contributed by atoms with van der Waals surface area (Å²) in [6.45, 7) is 30.3. The molecule has 0 saturated heterocycles. The van der Waals surface area contributed by atoms with Crippen LogP contribution in [0, 0.1) is 38.9 Å². The van der Waals surface area contributed by atoms with Gasteiger partial charge in [0.25, 0.3) is 0 Å². The van der Waals surface area contributed by atoms with Crippen molar-refractivity contribution in [1.82, 2.24) is 0 Å². The van der Waals surface area contributed by atoms with E-state index in [0.29, 0.717) is 0 Å². The number of carbonyl (C=O) groups is 1. The van der Waals surface area contributed by atoms with Gasteiger partial charge < -0.3 is 5.73 Å². The second-order valence-corrected chi connectivity index (χ2v) is 14.0. The number of amides is 1. The van der Waals surface area contributed by atoms with Gasteiger partial charge in [0.05, 0.1) is 0 Å².